The summed E-state index contributed by atoms with van der Waals surface area (Å²) in [6.45, 7) is 7.33. The first-order valence-corrected chi connectivity index (χ1v) is 8.84. The second-order valence-corrected chi connectivity index (χ2v) is 6.73. The van der Waals surface area contributed by atoms with E-state index in [1.807, 2.05) is 19.1 Å². The lowest BCUT2D eigenvalue weighted by molar-refractivity contribution is 0.101. The van der Waals surface area contributed by atoms with Gasteiger partial charge in [0.05, 0.1) is 0 Å². The van der Waals surface area contributed by atoms with E-state index >= 15 is 0 Å². The molecule has 0 unspecified atom stereocenters. The van der Waals surface area contributed by atoms with Gasteiger partial charge in [-0.2, -0.15) is 0 Å². The highest BCUT2D eigenvalue weighted by Crippen LogP contribution is 2.23. The second kappa shape index (κ2) is 7.13. The number of hydrogen-bond donors (Lipinski definition) is 2. The molecule has 132 valence electrons. The van der Waals surface area contributed by atoms with Crippen LogP contribution in [0.5, 0.6) is 0 Å². The molecule has 0 bridgehead atoms. The molecule has 1 fully saturated rings. The van der Waals surface area contributed by atoms with Crippen molar-refractivity contribution in [3.63, 3.8) is 0 Å². The van der Waals surface area contributed by atoms with Crippen molar-refractivity contribution < 1.29 is 9.59 Å². The number of amides is 1. The van der Waals surface area contributed by atoms with E-state index in [1.165, 1.54) is 31.9 Å². The van der Waals surface area contributed by atoms with Crippen molar-refractivity contribution in [1.29, 1.82) is 0 Å². The highest BCUT2D eigenvalue weighted by atomic mass is 16.2. The minimum Gasteiger partial charge on any atom is -0.372 e. The van der Waals surface area contributed by atoms with Crippen LogP contribution in [0.4, 0.5) is 11.4 Å². The zero-order chi connectivity index (χ0) is 18.0. The first-order chi connectivity index (χ1) is 12.0. The van der Waals surface area contributed by atoms with E-state index in [9.17, 15) is 9.59 Å². The summed E-state index contributed by atoms with van der Waals surface area (Å²) in [7, 11) is 0. The van der Waals surface area contributed by atoms with Crippen molar-refractivity contribution in [1.82, 2.24) is 4.98 Å². The zero-order valence-electron chi connectivity index (χ0n) is 15.1. The predicted octanol–water partition coefficient (Wildman–Crippen LogP) is 4.08. The summed E-state index contributed by atoms with van der Waals surface area (Å²) in [6.07, 6.45) is 3.78. The molecule has 0 radical (unpaired) electrons. The Labute approximate surface area is 148 Å². The number of carbonyl (C=O) groups is 2. The van der Waals surface area contributed by atoms with E-state index in [1.54, 1.807) is 6.92 Å². The molecule has 1 aromatic heterocycles. The SMILES string of the molecule is CC(=O)c1c(C)[nH]c(C(=O)Nc2ccc(N3CCCCC3)cc2)c1C. The van der Waals surface area contributed by atoms with E-state index < -0.39 is 0 Å². The van der Waals surface area contributed by atoms with Crippen LogP contribution < -0.4 is 10.2 Å². The van der Waals surface area contributed by atoms with E-state index in [4.69, 9.17) is 0 Å². The van der Waals surface area contributed by atoms with Gasteiger partial charge in [-0.1, -0.05) is 0 Å². The predicted molar refractivity (Wildman–Crippen MR) is 101 cm³/mol. The van der Waals surface area contributed by atoms with Gasteiger partial charge in [-0.05, 0) is 69.9 Å². The molecule has 0 atom stereocenters. The summed E-state index contributed by atoms with van der Waals surface area (Å²) in [5, 5.41) is 2.91. The fraction of sp³-hybridized carbons (Fsp3) is 0.400. The summed E-state index contributed by atoms with van der Waals surface area (Å²) in [4.78, 5) is 29.7. The van der Waals surface area contributed by atoms with Crippen molar-refractivity contribution in [2.24, 2.45) is 0 Å². The topological polar surface area (TPSA) is 65.2 Å². The van der Waals surface area contributed by atoms with Gasteiger partial charge in [0, 0.05) is 35.7 Å². The third-order valence-corrected chi connectivity index (χ3v) is 4.86. The molecule has 3 rings (SSSR count). The quantitative estimate of drug-likeness (QED) is 0.825. The number of benzene rings is 1. The molecule has 25 heavy (non-hydrogen) atoms. The number of aryl methyl sites for hydroxylation is 1. The van der Waals surface area contributed by atoms with E-state index in [0.717, 1.165) is 24.5 Å². The Morgan fingerprint density at radius 1 is 1.04 bits per heavy atom. The average molecular weight is 339 g/mol. The molecule has 1 saturated heterocycles. The monoisotopic (exact) mass is 339 g/mol. The Kier molecular flexibility index (Phi) is 4.93. The van der Waals surface area contributed by atoms with E-state index in [-0.39, 0.29) is 11.7 Å². The van der Waals surface area contributed by atoms with Gasteiger partial charge in [0.1, 0.15) is 5.69 Å². The number of rotatable bonds is 4. The van der Waals surface area contributed by atoms with Gasteiger partial charge >= 0.3 is 0 Å². The highest BCUT2D eigenvalue weighted by molar-refractivity contribution is 6.07. The number of hydrogen-bond acceptors (Lipinski definition) is 3. The number of Topliss-reactive ketones (excluding diaryl/α,β-unsaturated/α-hetero) is 1. The van der Waals surface area contributed by atoms with Crippen LogP contribution in [0.3, 0.4) is 0 Å². The second-order valence-electron chi connectivity index (χ2n) is 6.73. The Morgan fingerprint density at radius 2 is 1.68 bits per heavy atom. The fourth-order valence-corrected chi connectivity index (χ4v) is 3.61. The van der Waals surface area contributed by atoms with Crippen molar-refractivity contribution >= 4 is 23.1 Å². The summed E-state index contributed by atoms with van der Waals surface area (Å²) in [5.74, 6) is -0.255. The van der Waals surface area contributed by atoms with Crippen molar-refractivity contribution in [2.75, 3.05) is 23.3 Å². The van der Waals surface area contributed by atoms with Crippen molar-refractivity contribution in [2.45, 2.75) is 40.0 Å². The molecule has 0 spiro atoms. The molecular formula is C20H25N3O2. The first kappa shape index (κ1) is 17.3. The molecule has 5 heteroatoms. The van der Waals surface area contributed by atoms with Crippen LogP contribution in [0, 0.1) is 13.8 Å². The Bertz CT molecular complexity index is 784. The van der Waals surface area contributed by atoms with Gasteiger partial charge in [0.2, 0.25) is 0 Å². The summed E-state index contributed by atoms with van der Waals surface area (Å²) in [5.41, 5.74) is 4.43. The molecule has 2 heterocycles. The smallest absolute Gasteiger partial charge is 0.272 e. The molecule has 2 aromatic rings. The molecule has 5 nitrogen and oxygen atoms in total. The maximum Gasteiger partial charge on any atom is 0.272 e. The average Bonchev–Trinajstić information content (AvgIpc) is 2.91. The summed E-state index contributed by atoms with van der Waals surface area (Å²) >= 11 is 0. The standard InChI is InChI=1S/C20H25N3O2/c1-13-18(15(3)24)14(2)21-19(13)20(25)22-16-7-9-17(10-8-16)23-11-5-4-6-12-23/h7-10,21H,4-6,11-12H2,1-3H3,(H,22,25). The third kappa shape index (κ3) is 3.60. The van der Waals surface area contributed by atoms with Crippen LogP contribution in [-0.4, -0.2) is 29.8 Å². The van der Waals surface area contributed by atoms with Crippen molar-refractivity contribution in [3.8, 4) is 0 Å². The Hall–Kier alpha value is -2.56. The number of aromatic nitrogens is 1. The van der Waals surface area contributed by atoms with Gasteiger partial charge in [0.15, 0.2) is 5.78 Å². The van der Waals surface area contributed by atoms with Crippen LogP contribution >= 0.6 is 0 Å². The van der Waals surface area contributed by atoms with Crippen LogP contribution in [0.15, 0.2) is 24.3 Å². The minimum atomic E-state index is -0.223. The Balaban J connectivity index is 1.73. The maximum atomic E-state index is 12.5. The van der Waals surface area contributed by atoms with Crippen LogP contribution in [-0.2, 0) is 0 Å². The van der Waals surface area contributed by atoms with Crippen LogP contribution in [0.2, 0.25) is 0 Å². The number of ketones is 1. The number of nitrogens with zero attached hydrogens (tertiary/aromatic N) is 1. The van der Waals surface area contributed by atoms with E-state index in [0.29, 0.717) is 16.8 Å². The molecule has 1 aromatic carbocycles. The van der Waals surface area contributed by atoms with E-state index in [2.05, 4.69) is 27.3 Å². The van der Waals surface area contributed by atoms with Crippen LogP contribution in [0.25, 0.3) is 0 Å². The number of piperidine rings is 1. The zero-order valence-corrected chi connectivity index (χ0v) is 15.1. The molecule has 1 amide bonds. The van der Waals surface area contributed by atoms with Gasteiger partial charge in [-0.15, -0.1) is 0 Å². The summed E-state index contributed by atoms with van der Waals surface area (Å²) < 4.78 is 0. The van der Waals surface area contributed by atoms with Gasteiger partial charge in [-0.3, -0.25) is 9.59 Å². The van der Waals surface area contributed by atoms with Gasteiger partial charge < -0.3 is 15.2 Å². The number of anilines is 2. The molecule has 2 N–H and O–H groups in total. The maximum absolute atomic E-state index is 12.5. The lowest BCUT2D eigenvalue weighted by Gasteiger charge is -2.28. The van der Waals surface area contributed by atoms with Crippen molar-refractivity contribution in [3.05, 3.63) is 46.8 Å². The summed E-state index contributed by atoms with van der Waals surface area (Å²) in [6, 6.07) is 7.96. The van der Waals surface area contributed by atoms with Gasteiger partial charge in [0.25, 0.3) is 5.91 Å². The molecule has 1 aliphatic rings. The lowest BCUT2D eigenvalue weighted by Crippen LogP contribution is -2.29. The molecule has 0 saturated carbocycles. The normalized spacial score (nSPS) is 14.4. The molecule has 1 aliphatic heterocycles. The van der Waals surface area contributed by atoms with Gasteiger partial charge in [-0.25, -0.2) is 0 Å². The number of carbonyl (C=O) groups excluding carboxylic acids is 2. The lowest BCUT2D eigenvalue weighted by atomic mass is 10.1. The fourth-order valence-electron chi connectivity index (χ4n) is 3.61. The number of H-pyrrole nitrogens is 1. The number of aromatic amines is 1. The minimum absolute atomic E-state index is 0.0313. The molecule has 0 aliphatic carbocycles. The highest BCUT2D eigenvalue weighted by Gasteiger charge is 2.20. The van der Waals surface area contributed by atoms with Crippen LogP contribution in [0.1, 0.15) is 58.3 Å². The Morgan fingerprint density at radius 3 is 2.24 bits per heavy atom. The number of nitrogens with one attached hydrogen (secondary N) is 2. The first-order valence-electron chi connectivity index (χ1n) is 8.84. The third-order valence-electron chi connectivity index (χ3n) is 4.86. The largest absolute Gasteiger partial charge is 0.372 e. The molecular weight excluding hydrogens is 314 g/mol.